The van der Waals surface area contributed by atoms with Gasteiger partial charge in [-0.15, -0.1) is 0 Å². The standard InChI is InChI=1S/C13H18N2O3/c1-17-12-4-2-10(3-5-12)13(16)15-8-11-9-18-7-6-14-11/h2-5,11,14H,6-9H2,1H3,(H,15,16). The Morgan fingerprint density at radius 3 is 2.89 bits per heavy atom. The number of amides is 1. The molecule has 1 unspecified atom stereocenters. The lowest BCUT2D eigenvalue weighted by molar-refractivity contribution is 0.0734. The molecular formula is C13H18N2O3. The second-order valence-corrected chi connectivity index (χ2v) is 4.16. The summed E-state index contributed by atoms with van der Waals surface area (Å²) in [5.74, 6) is 0.666. The number of methoxy groups -OCH3 is 1. The van der Waals surface area contributed by atoms with Crippen LogP contribution in [0.2, 0.25) is 0 Å². The van der Waals surface area contributed by atoms with Crippen LogP contribution in [-0.4, -0.2) is 45.4 Å². The summed E-state index contributed by atoms with van der Waals surface area (Å²) in [6.45, 7) is 2.79. The summed E-state index contributed by atoms with van der Waals surface area (Å²) in [6, 6.07) is 7.24. The molecule has 1 saturated heterocycles. The average Bonchev–Trinajstić information content (AvgIpc) is 2.46. The van der Waals surface area contributed by atoms with Crippen LogP contribution in [-0.2, 0) is 4.74 Å². The molecule has 1 aromatic carbocycles. The van der Waals surface area contributed by atoms with Crippen LogP contribution in [0.15, 0.2) is 24.3 Å². The predicted molar refractivity (Wildman–Crippen MR) is 67.9 cm³/mol. The zero-order valence-electron chi connectivity index (χ0n) is 10.4. The van der Waals surface area contributed by atoms with E-state index < -0.39 is 0 Å². The number of carbonyl (C=O) groups excluding carboxylic acids is 1. The number of hydrogen-bond acceptors (Lipinski definition) is 4. The maximum atomic E-state index is 11.9. The van der Waals surface area contributed by atoms with E-state index in [9.17, 15) is 4.79 Å². The van der Waals surface area contributed by atoms with Crippen LogP contribution in [0.4, 0.5) is 0 Å². The van der Waals surface area contributed by atoms with E-state index in [1.807, 2.05) is 0 Å². The van der Waals surface area contributed by atoms with Crippen molar-refractivity contribution in [2.75, 3.05) is 33.4 Å². The molecular weight excluding hydrogens is 232 g/mol. The van der Waals surface area contributed by atoms with Crippen LogP contribution in [0, 0.1) is 0 Å². The van der Waals surface area contributed by atoms with E-state index in [0.29, 0.717) is 18.7 Å². The normalized spacial score (nSPS) is 19.3. The van der Waals surface area contributed by atoms with Gasteiger partial charge < -0.3 is 20.1 Å². The van der Waals surface area contributed by atoms with Crippen molar-refractivity contribution in [1.29, 1.82) is 0 Å². The van der Waals surface area contributed by atoms with Crippen LogP contribution in [0.5, 0.6) is 5.75 Å². The lowest BCUT2D eigenvalue weighted by Crippen LogP contribution is -2.48. The van der Waals surface area contributed by atoms with Crippen molar-refractivity contribution in [1.82, 2.24) is 10.6 Å². The number of ether oxygens (including phenoxy) is 2. The van der Waals surface area contributed by atoms with Crippen molar-refractivity contribution in [3.8, 4) is 5.75 Å². The predicted octanol–water partition coefficient (Wildman–Crippen LogP) is 0.413. The first-order valence-electron chi connectivity index (χ1n) is 6.03. The highest BCUT2D eigenvalue weighted by Gasteiger charge is 2.14. The van der Waals surface area contributed by atoms with Gasteiger partial charge >= 0.3 is 0 Å². The summed E-state index contributed by atoms with van der Waals surface area (Å²) in [6.07, 6.45) is 0. The minimum atomic E-state index is -0.0787. The summed E-state index contributed by atoms with van der Waals surface area (Å²) in [5.41, 5.74) is 0.632. The van der Waals surface area contributed by atoms with Gasteiger partial charge in [0.1, 0.15) is 5.75 Å². The molecule has 1 aromatic rings. The Morgan fingerprint density at radius 2 is 2.28 bits per heavy atom. The van der Waals surface area contributed by atoms with Gasteiger partial charge in [-0.05, 0) is 24.3 Å². The first kappa shape index (κ1) is 12.9. The van der Waals surface area contributed by atoms with Crippen molar-refractivity contribution in [3.63, 3.8) is 0 Å². The maximum absolute atomic E-state index is 11.9. The second kappa shape index (κ2) is 6.37. The molecule has 5 nitrogen and oxygen atoms in total. The SMILES string of the molecule is COc1ccc(C(=O)NCC2COCCN2)cc1. The van der Waals surface area contributed by atoms with E-state index in [2.05, 4.69) is 10.6 Å². The number of nitrogens with one attached hydrogen (secondary N) is 2. The van der Waals surface area contributed by atoms with Crippen LogP contribution < -0.4 is 15.4 Å². The van der Waals surface area contributed by atoms with Crippen molar-refractivity contribution in [2.45, 2.75) is 6.04 Å². The van der Waals surface area contributed by atoms with E-state index >= 15 is 0 Å². The molecule has 5 heteroatoms. The fourth-order valence-corrected chi connectivity index (χ4v) is 1.81. The van der Waals surface area contributed by atoms with Crippen LogP contribution in [0.25, 0.3) is 0 Å². The highest BCUT2D eigenvalue weighted by Crippen LogP contribution is 2.10. The van der Waals surface area contributed by atoms with Gasteiger partial charge in [0, 0.05) is 24.7 Å². The summed E-state index contributed by atoms with van der Waals surface area (Å²) in [5, 5.41) is 6.17. The summed E-state index contributed by atoms with van der Waals surface area (Å²) in [4.78, 5) is 11.9. The zero-order valence-corrected chi connectivity index (χ0v) is 10.4. The summed E-state index contributed by atoms with van der Waals surface area (Å²) >= 11 is 0. The molecule has 2 N–H and O–H groups in total. The van der Waals surface area contributed by atoms with Gasteiger partial charge in [-0.1, -0.05) is 0 Å². The summed E-state index contributed by atoms with van der Waals surface area (Å²) < 4.78 is 10.4. The molecule has 1 atom stereocenters. The second-order valence-electron chi connectivity index (χ2n) is 4.16. The Bertz CT molecular complexity index is 386. The molecule has 0 aliphatic carbocycles. The Kier molecular flexibility index (Phi) is 4.55. The summed E-state index contributed by atoms with van der Waals surface area (Å²) in [7, 11) is 1.60. The lowest BCUT2D eigenvalue weighted by Gasteiger charge is -2.23. The van der Waals surface area contributed by atoms with E-state index in [-0.39, 0.29) is 11.9 Å². The van der Waals surface area contributed by atoms with Crippen molar-refractivity contribution >= 4 is 5.91 Å². The van der Waals surface area contributed by atoms with Gasteiger partial charge in [0.15, 0.2) is 0 Å². The number of hydrogen-bond donors (Lipinski definition) is 2. The molecule has 1 aliphatic rings. The monoisotopic (exact) mass is 250 g/mol. The highest BCUT2D eigenvalue weighted by atomic mass is 16.5. The Labute approximate surface area is 106 Å². The van der Waals surface area contributed by atoms with Crippen molar-refractivity contribution in [2.24, 2.45) is 0 Å². The number of benzene rings is 1. The Hall–Kier alpha value is -1.59. The number of morpholine rings is 1. The highest BCUT2D eigenvalue weighted by molar-refractivity contribution is 5.94. The van der Waals surface area contributed by atoms with Gasteiger partial charge in [0.2, 0.25) is 0 Å². The molecule has 1 aliphatic heterocycles. The maximum Gasteiger partial charge on any atom is 0.251 e. The largest absolute Gasteiger partial charge is 0.497 e. The topological polar surface area (TPSA) is 59.6 Å². The third kappa shape index (κ3) is 3.45. The fourth-order valence-electron chi connectivity index (χ4n) is 1.81. The first-order chi connectivity index (χ1) is 8.79. The van der Waals surface area contributed by atoms with Gasteiger partial charge in [-0.2, -0.15) is 0 Å². The molecule has 0 saturated carbocycles. The zero-order chi connectivity index (χ0) is 12.8. The fraction of sp³-hybridized carbons (Fsp3) is 0.462. The van der Waals surface area contributed by atoms with Crippen molar-refractivity contribution in [3.05, 3.63) is 29.8 Å². The van der Waals surface area contributed by atoms with E-state index in [1.165, 1.54) is 0 Å². The molecule has 0 bridgehead atoms. The van der Waals surface area contributed by atoms with Crippen LogP contribution in [0.3, 0.4) is 0 Å². The molecule has 0 aromatic heterocycles. The molecule has 1 heterocycles. The minimum absolute atomic E-state index is 0.0787. The lowest BCUT2D eigenvalue weighted by atomic mass is 10.2. The van der Waals surface area contributed by atoms with E-state index in [4.69, 9.17) is 9.47 Å². The minimum Gasteiger partial charge on any atom is -0.497 e. The van der Waals surface area contributed by atoms with Gasteiger partial charge in [-0.3, -0.25) is 4.79 Å². The van der Waals surface area contributed by atoms with Gasteiger partial charge in [0.05, 0.1) is 20.3 Å². The van der Waals surface area contributed by atoms with Crippen LogP contribution in [0.1, 0.15) is 10.4 Å². The van der Waals surface area contributed by atoms with E-state index in [1.54, 1.807) is 31.4 Å². The molecule has 18 heavy (non-hydrogen) atoms. The number of rotatable bonds is 4. The van der Waals surface area contributed by atoms with Crippen LogP contribution >= 0.6 is 0 Å². The molecule has 2 rings (SSSR count). The third-order valence-electron chi connectivity index (χ3n) is 2.86. The molecule has 1 fully saturated rings. The quantitative estimate of drug-likeness (QED) is 0.813. The van der Waals surface area contributed by atoms with Gasteiger partial charge in [0.25, 0.3) is 5.91 Å². The molecule has 0 spiro atoms. The average molecular weight is 250 g/mol. The molecule has 98 valence electrons. The van der Waals surface area contributed by atoms with Crippen molar-refractivity contribution < 1.29 is 14.3 Å². The number of carbonyl (C=O) groups is 1. The Balaban J connectivity index is 1.82. The first-order valence-corrected chi connectivity index (χ1v) is 6.03. The smallest absolute Gasteiger partial charge is 0.251 e. The van der Waals surface area contributed by atoms with E-state index in [0.717, 1.165) is 18.9 Å². The Morgan fingerprint density at radius 1 is 1.50 bits per heavy atom. The van der Waals surface area contributed by atoms with Gasteiger partial charge in [-0.25, -0.2) is 0 Å². The third-order valence-corrected chi connectivity index (χ3v) is 2.86. The molecule has 1 amide bonds. The molecule has 0 radical (unpaired) electrons.